The average Bonchev–Trinajstić information content (AvgIpc) is 2.84. The molecule has 1 N–H and O–H groups in total. The van der Waals surface area contributed by atoms with Crippen molar-refractivity contribution in [1.82, 2.24) is 10.3 Å². The molecule has 1 rings (SSSR count). The zero-order valence-corrected chi connectivity index (χ0v) is 15.1. The molecule has 1 aromatic heterocycles. The van der Waals surface area contributed by atoms with E-state index in [-0.39, 0.29) is 0 Å². The van der Waals surface area contributed by atoms with Crippen LogP contribution in [0.5, 0.6) is 0 Å². The van der Waals surface area contributed by atoms with E-state index >= 15 is 0 Å². The summed E-state index contributed by atoms with van der Waals surface area (Å²) in [6.07, 6.45) is 2.21. The number of nitrogens with zero attached hydrogens (tertiary/aromatic N) is 2. The van der Waals surface area contributed by atoms with E-state index in [0.717, 1.165) is 50.8 Å². The second-order valence-electron chi connectivity index (χ2n) is 5.73. The molecule has 21 heavy (non-hydrogen) atoms. The van der Waals surface area contributed by atoms with Gasteiger partial charge in [0.1, 0.15) is 0 Å². The highest BCUT2D eigenvalue weighted by molar-refractivity contribution is 7.15. The fourth-order valence-electron chi connectivity index (χ4n) is 2.22. The monoisotopic (exact) mass is 313 g/mol. The highest BCUT2D eigenvalue weighted by Crippen LogP contribution is 2.28. The van der Waals surface area contributed by atoms with Crippen molar-refractivity contribution >= 4 is 16.5 Å². The number of methoxy groups -OCH3 is 1. The van der Waals surface area contributed by atoms with Crippen LogP contribution in [-0.2, 0) is 17.7 Å². The summed E-state index contributed by atoms with van der Waals surface area (Å²) >= 11 is 1.84. The number of anilines is 1. The molecule has 0 saturated heterocycles. The van der Waals surface area contributed by atoms with Gasteiger partial charge < -0.3 is 15.0 Å². The topological polar surface area (TPSA) is 37.4 Å². The minimum absolute atomic E-state index is 0.623. The number of ether oxygens (including phenoxy) is 1. The van der Waals surface area contributed by atoms with Gasteiger partial charge in [-0.05, 0) is 18.9 Å². The Morgan fingerprint density at radius 1 is 1.33 bits per heavy atom. The van der Waals surface area contributed by atoms with Crippen LogP contribution in [0.4, 0.5) is 5.13 Å². The van der Waals surface area contributed by atoms with Gasteiger partial charge in [-0.1, -0.05) is 34.1 Å². The molecule has 122 valence electrons. The molecule has 4 nitrogen and oxygen atoms in total. The maximum absolute atomic E-state index is 5.25. The summed E-state index contributed by atoms with van der Waals surface area (Å²) < 4.78 is 5.25. The van der Waals surface area contributed by atoms with E-state index in [4.69, 9.17) is 9.72 Å². The van der Waals surface area contributed by atoms with Gasteiger partial charge in [-0.3, -0.25) is 0 Å². The molecular formula is C16H31N3OS. The lowest BCUT2D eigenvalue weighted by Crippen LogP contribution is -2.30. The van der Waals surface area contributed by atoms with Crippen LogP contribution in [0.2, 0.25) is 0 Å². The minimum atomic E-state index is 0.623. The summed E-state index contributed by atoms with van der Waals surface area (Å²) in [6, 6.07) is 0. The van der Waals surface area contributed by atoms with Crippen molar-refractivity contribution in [3.8, 4) is 0 Å². The number of aromatic nitrogens is 1. The summed E-state index contributed by atoms with van der Waals surface area (Å²) in [5.41, 5.74) is 1.27. The van der Waals surface area contributed by atoms with Gasteiger partial charge in [0, 0.05) is 31.6 Å². The lowest BCUT2D eigenvalue weighted by Gasteiger charge is -2.23. The lowest BCUT2D eigenvalue weighted by atomic mass is 10.2. The Balaban J connectivity index is 2.89. The zero-order valence-electron chi connectivity index (χ0n) is 14.2. The Morgan fingerprint density at radius 3 is 2.67 bits per heavy atom. The van der Waals surface area contributed by atoms with Crippen LogP contribution in [0.25, 0.3) is 0 Å². The number of nitrogens with one attached hydrogen (secondary N) is 1. The van der Waals surface area contributed by atoms with Gasteiger partial charge in [-0.2, -0.15) is 0 Å². The number of hydrogen-bond donors (Lipinski definition) is 1. The maximum atomic E-state index is 5.25. The fraction of sp³-hybridized carbons (Fsp3) is 0.812. The first-order valence-corrected chi connectivity index (χ1v) is 8.87. The fourth-order valence-corrected chi connectivity index (χ4v) is 3.33. The van der Waals surface area contributed by atoms with E-state index < -0.39 is 0 Å². The Bertz CT molecular complexity index is 393. The molecule has 0 atom stereocenters. The molecule has 0 aliphatic heterocycles. The van der Waals surface area contributed by atoms with Crippen LogP contribution < -0.4 is 10.2 Å². The molecule has 5 heteroatoms. The molecule has 0 amide bonds. The van der Waals surface area contributed by atoms with Crippen LogP contribution in [-0.4, -0.2) is 38.3 Å². The largest absolute Gasteiger partial charge is 0.383 e. The predicted molar refractivity (Wildman–Crippen MR) is 92.4 cm³/mol. The third-order valence-corrected chi connectivity index (χ3v) is 4.37. The molecule has 0 bridgehead atoms. The van der Waals surface area contributed by atoms with Crippen molar-refractivity contribution in [3.05, 3.63) is 10.6 Å². The Hall–Kier alpha value is -0.650. The first-order valence-electron chi connectivity index (χ1n) is 8.05. The van der Waals surface area contributed by atoms with Crippen molar-refractivity contribution < 1.29 is 4.74 Å². The standard InChI is InChI=1S/C16H31N3OS/c1-6-8-14-15(11-17-7-2)21-16(18-14)19(9-10-20-5)12-13(3)4/h13,17H,6-12H2,1-5H3. The second kappa shape index (κ2) is 10.1. The highest BCUT2D eigenvalue weighted by atomic mass is 32.1. The van der Waals surface area contributed by atoms with E-state index in [2.05, 4.69) is 37.9 Å². The molecule has 0 aromatic carbocycles. The summed E-state index contributed by atoms with van der Waals surface area (Å²) in [5, 5.41) is 4.58. The Morgan fingerprint density at radius 2 is 2.10 bits per heavy atom. The van der Waals surface area contributed by atoms with Crippen molar-refractivity contribution in [2.75, 3.05) is 38.3 Å². The third-order valence-electron chi connectivity index (χ3n) is 3.21. The van der Waals surface area contributed by atoms with Gasteiger partial charge in [-0.25, -0.2) is 4.98 Å². The van der Waals surface area contributed by atoms with Crippen molar-refractivity contribution in [2.45, 2.75) is 47.1 Å². The third kappa shape index (κ3) is 6.32. The minimum Gasteiger partial charge on any atom is -0.383 e. The smallest absolute Gasteiger partial charge is 0.185 e. The SMILES string of the molecule is CCCc1nc(N(CCOC)CC(C)C)sc1CNCC. The molecular weight excluding hydrogens is 282 g/mol. The van der Waals surface area contributed by atoms with E-state index in [1.165, 1.54) is 10.6 Å². The molecule has 0 unspecified atom stereocenters. The average molecular weight is 314 g/mol. The second-order valence-corrected chi connectivity index (χ2v) is 6.79. The number of rotatable bonds is 11. The maximum Gasteiger partial charge on any atom is 0.185 e. The highest BCUT2D eigenvalue weighted by Gasteiger charge is 2.16. The predicted octanol–water partition coefficient (Wildman–Crippen LogP) is 3.31. The van der Waals surface area contributed by atoms with E-state index in [0.29, 0.717) is 5.92 Å². The summed E-state index contributed by atoms with van der Waals surface area (Å²) in [4.78, 5) is 8.67. The van der Waals surface area contributed by atoms with Crippen LogP contribution >= 0.6 is 11.3 Å². The summed E-state index contributed by atoms with van der Waals surface area (Å²) in [6.45, 7) is 13.5. The first-order chi connectivity index (χ1) is 10.1. The normalized spacial score (nSPS) is 11.3. The summed E-state index contributed by atoms with van der Waals surface area (Å²) in [5.74, 6) is 0.623. The van der Waals surface area contributed by atoms with Crippen molar-refractivity contribution in [3.63, 3.8) is 0 Å². The molecule has 0 spiro atoms. The molecule has 0 aliphatic rings. The van der Waals surface area contributed by atoms with E-state index in [9.17, 15) is 0 Å². The van der Waals surface area contributed by atoms with Crippen LogP contribution in [0.3, 0.4) is 0 Å². The number of thiazole rings is 1. The molecule has 0 aliphatic carbocycles. The number of aryl methyl sites for hydroxylation is 1. The van der Waals surface area contributed by atoms with Gasteiger partial charge in [0.15, 0.2) is 5.13 Å². The lowest BCUT2D eigenvalue weighted by molar-refractivity contribution is 0.204. The molecule has 1 heterocycles. The van der Waals surface area contributed by atoms with Crippen molar-refractivity contribution in [2.24, 2.45) is 5.92 Å². The number of hydrogen-bond acceptors (Lipinski definition) is 5. The Labute approximate surface area is 133 Å². The summed E-state index contributed by atoms with van der Waals surface area (Å²) in [7, 11) is 1.76. The van der Waals surface area contributed by atoms with Crippen LogP contribution in [0.15, 0.2) is 0 Å². The van der Waals surface area contributed by atoms with Gasteiger partial charge in [-0.15, -0.1) is 11.3 Å². The van der Waals surface area contributed by atoms with E-state index in [1.807, 2.05) is 11.3 Å². The molecule has 1 aromatic rings. The molecule has 0 radical (unpaired) electrons. The van der Waals surface area contributed by atoms with Gasteiger partial charge in [0.2, 0.25) is 0 Å². The van der Waals surface area contributed by atoms with Crippen LogP contribution in [0.1, 0.15) is 44.7 Å². The van der Waals surface area contributed by atoms with Crippen molar-refractivity contribution in [1.29, 1.82) is 0 Å². The Kier molecular flexibility index (Phi) is 8.88. The quantitative estimate of drug-likeness (QED) is 0.680. The van der Waals surface area contributed by atoms with E-state index in [1.54, 1.807) is 7.11 Å². The van der Waals surface area contributed by atoms with Crippen LogP contribution in [0, 0.1) is 5.92 Å². The van der Waals surface area contributed by atoms with Gasteiger partial charge in [0.05, 0.1) is 12.3 Å². The van der Waals surface area contributed by atoms with Gasteiger partial charge in [0.25, 0.3) is 0 Å². The first kappa shape index (κ1) is 18.4. The zero-order chi connectivity index (χ0) is 15.7. The molecule has 0 saturated carbocycles. The molecule has 0 fully saturated rings. The van der Waals surface area contributed by atoms with Gasteiger partial charge >= 0.3 is 0 Å².